The smallest absolute Gasteiger partial charge is 0.119 e. The maximum atomic E-state index is 9.71. The first-order valence-corrected chi connectivity index (χ1v) is 7.77. The van der Waals surface area contributed by atoms with E-state index in [1.807, 2.05) is 6.07 Å². The molecule has 0 saturated heterocycles. The van der Waals surface area contributed by atoms with Crippen LogP contribution in [0.3, 0.4) is 0 Å². The van der Waals surface area contributed by atoms with Crippen LogP contribution in [0.4, 0.5) is 0 Å². The standard InChI is InChI=1S/C17H25NO2/c1-20-14-6-4-13-5-7-16(15(13)10-14)18-11-17(12-19)8-2-3-9-17/h4,6,10,16,18-19H,2-3,5,7-9,11-12H2,1H3. The molecule has 110 valence electrons. The Morgan fingerprint density at radius 2 is 2.15 bits per heavy atom. The van der Waals surface area contributed by atoms with E-state index in [9.17, 15) is 5.11 Å². The van der Waals surface area contributed by atoms with Crippen LogP contribution in [-0.4, -0.2) is 25.4 Å². The first-order valence-electron chi connectivity index (χ1n) is 7.77. The van der Waals surface area contributed by atoms with Gasteiger partial charge < -0.3 is 15.2 Å². The van der Waals surface area contributed by atoms with Crippen LogP contribution in [-0.2, 0) is 6.42 Å². The normalized spacial score (nSPS) is 23.8. The maximum Gasteiger partial charge on any atom is 0.119 e. The van der Waals surface area contributed by atoms with E-state index in [1.54, 1.807) is 7.11 Å². The summed E-state index contributed by atoms with van der Waals surface area (Å²) in [5.74, 6) is 0.940. The molecule has 1 aromatic carbocycles. The molecule has 2 N–H and O–H groups in total. The largest absolute Gasteiger partial charge is 0.497 e. The Morgan fingerprint density at radius 1 is 1.35 bits per heavy atom. The lowest BCUT2D eigenvalue weighted by Crippen LogP contribution is -2.36. The van der Waals surface area contributed by atoms with E-state index in [-0.39, 0.29) is 5.41 Å². The molecule has 2 aliphatic carbocycles. The van der Waals surface area contributed by atoms with Crippen molar-refractivity contribution in [1.82, 2.24) is 5.32 Å². The Morgan fingerprint density at radius 3 is 2.85 bits per heavy atom. The number of benzene rings is 1. The summed E-state index contributed by atoms with van der Waals surface area (Å²) in [6, 6.07) is 6.82. The average molecular weight is 275 g/mol. The molecule has 20 heavy (non-hydrogen) atoms. The number of methoxy groups -OCH3 is 1. The minimum Gasteiger partial charge on any atom is -0.497 e. The quantitative estimate of drug-likeness (QED) is 0.868. The minimum atomic E-state index is 0.127. The first-order chi connectivity index (χ1) is 9.76. The average Bonchev–Trinajstić information content (AvgIpc) is 3.12. The summed E-state index contributed by atoms with van der Waals surface area (Å²) in [5.41, 5.74) is 2.95. The summed E-state index contributed by atoms with van der Waals surface area (Å²) in [6.07, 6.45) is 7.14. The highest BCUT2D eigenvalue weighted by Gasteiger charge is 2.34. The highest BCUT2D eigenvalue weighted by atomic mass is 16.5. The van der Waals surface area contributed by atoms with Crippen molar-refractivity contribution in [3.8, 4) is 5.75 Å². The van der Waals surface area contributed by atoms with Crippen molar-refractivity contribution in [2.24, 2.45) is 5.41 Å². The van der Waals surface area contributed by atoms with Crippen LogP contribution in [0.25, 0.3) is 0 Å². The molecule has 3 heteroatoms. The molecule has 2 aliphatic rings. The second-order valence-electron chi connectivity index (χ2n) is 6.40. The van der Waals surface area contributed by atoms with E-state index >= 15 is 0 Å². The van der Waals surface area contributed by atoms with Gasteiger partial charge >= 0.3 is 0 Å². The Kier molecular flexibility index (Phi) is 3.99. The van der Waals surface area contributed by atoms with Gasteiger partial charge in [-0.3, -0.25) is 0 Å². The third-order valence-electron chi connectivity index (χ3n) is 5.15. The van der Waals surface area contributed by atoms with Crippen molar-refractivity contribution in [1.29, 1.82) is 0 Å². The summed E-state index contributed by atoms with van der Waals surface area (Å²) >= 11 is 0. The Balaban J connectivity index is 1.68. The predicted octanol–water partition coefficient (Wildman–Crippen LogP) is 2.82. The van der Waals surface area contributed by atoms with Crippen molar-refractivity contribution in [2.45, 2.75) is 44.6 Å². The zero-order valence-corrected chi connectivity index (χ0v) is 12.3. The zero-order chi connectivity index (χ0) is 14.0. The molecule has 1 saturated carbocycles. The summed E-state index contributed by atoms with van der Waals surface area (Å²) < 4.78 is 5.34. The summed E-state index contributed by atoms with van der Waals surface area (Å²) in [6.45, 7) is 1.25. The van der Waals surface area contributed by atoms with E-state index < -0.39 is 0 Å². The van der Waals surface area contributed by atoms with Crippen LogP contribution in [0.15, 0.2) is 18.2 Å². The second-order valence-corrected chi connectivity index (χ2v) is 6.40. The van der Waals surface area contributed by atoms with Gasteiger partial charge in [0.05, 0.1) is 7.11 Å². The molecular weight excluding hydrogens is 250 g/mol. The Labute approximate surface area is 121 Å². The number of aryl methyl sites for hydroxylation is 1. The van der Waals surface area contributed by atoms with Crippen molar-refractivity contribution in [3.63, 3.8) is 0 Å². The summed E-state index contributed by atoms with van der Waals surface area (Å²) in [4.78, 5) is 0. The molecule has 1 fully saturated rings. The van der Waals surface area contributed by atoms with Crippen molar-refractivity contribution in [2.75, 3.05) is 20.3 Å². The molecule has 3 rings (SSSR count). The fourth-order valence-corrected chi connectivity index (χ4v) is 3.77. The van der Waals surface area contributed by atoms with Crippen LogP contribution in [0.1, 0.15) is 49.3 Å². The summed E-state index contributed by atoms with van der Waals surface area (Å²) in [7, 11) is 1.72. The Hall–Kier alpha value is -1.06. The number of aliphatic hydroxyl groups excluding tert-OH is 1. The molecule has 3 nitrogen and oxygen atoms in total. The van der Waals surface area contributed by atoms with Gasteiger partial charge in [-0.15, -0.1) is 0 Å². The number of ether oxygens (including phenoxy) is 1. The number of hydrogen-bond acceptors (Lipinski definition) is 3. The van der Waals surface area contributed by atoms with Crippen molar-refractivity contribution in [3.05, 3.63) is 29.3 Å². The van der Waals surface area contributed by atoms with Gasteiger partial charge in [0.15, 0.2) is 0 Å². The van der Waals surface area contributed by atoms with Crippen molar-refractivity contribution < 1.29 is 9.84 Å². The fraction of sp³-hybridized carbons (Fsp3) is 0.647. The summed E-state index contributed by atoms with van der Waals surface area (Å²) in [5, 5.41) is 13.4. The van der Waals surface area contributed by atoms with Gasteiger partial charge in [0.25, 0.3) is 0 Å². The van der Waals surface area contributed by atoms with Crippen LogP contribution in [0.2, 0.25) is 0 Å². The molecule has 0 spiro atoms. The molecule has 0 radical (unpaired) electrons. The van der Waals surface area contributed by atoms with Gasteiger partial charge in [-0.1, -0.05) is 18.9 Å². The van der Waals surface area contributed by atoms with Crippen LogP contribution in [0.5, 0.6) is 5.75 Å². The van der Waals surface area contributed by atoms with E-state index in [4.69, 9.17) is 4.74 Å². The third kappa shape index (κ3) is 2.57. The van der Waals surface area contributed by atoms with Crippen LogP contribution >= 0.6 is 0 Å². The lowest BCUT2D eigenvalue weighted by molar-refractivity contribution is 0.124. The van der Waals surface area contributed by atoms with Gasteiger partial charge in [-0.2, -0.15) is 0 Å². The van der Waals surface area contributed by atoms with Gasteiger partial charge in [0.1, 0.15) is 5.75 Å². The van der Waals surface area contributed by atoms with E-state index in [0.717, 1.165) is 38.0 Å². The van der Waals surface area contributed by atoms with E-state index in [1.165, 1.54) is 24.0 Å². The van der Waals surface area contributed by atoms with Crippen LogP contribution < -0.4 is 10.1 Å². The van der Waals surface area contributed by atoms with Gasteiger partial charge in [0, 0.05) is 24.6 Å². The molecule has 0 amide bonds. The molecule has 1 unspecified atom stereocenters. The van der Waals surface area contributed by atoms with Gasteiger partial charge in [-0.05, 0) is 48.9 Å². The topological polar surface area (TPSA) is 41.5 Å². The monoisotopic (exact) mass is 275 g/mol. The third-order valence-corrected chi connectivity index (χ3v) is 5.15. The van der Waals surface area contributed by atoms with Crippen LogP contribution in [0, 0.1) is 5.41 Å². The first kappa shape index (κ1) is 13.9. The van der Waals surface area contributed by atoms with E-state index in [0.29, 0.717) is 12.6 Å². The number of aliphatic hydroxyl groups is 1. The number of hydrogen-bond donors (Lipinski definition) is 2. The van der Waals surface area contributed by atoms with Gasteiger partial charge in [0.2, 0.25) is 0 Å². The highest BCUT2D eigenvalue weighted by Crippen LogP contribution is 2.39. The second kappa shape index (κ2) is 5.74. The number of nitrogens with one attached hydrogen (secondary N) is 1. The lowest BCUT2D eigenvalue weighted by Gasteiger charge is -2.29. The number of fused-ring (bicyclic) bond motifs is 1. The highest BCUT2D eigenvalue weighted by molar-refractivity contribution is 5.40. The lowest BCUT2D eigenvalue weighted by atomic mass is 9.87. The Bertz CT molecular complexity index is 466. The molecule has 0 aliphatic heterocycles. The predicted molar refractivity (Wildman–Crippen MR) is 80.0 cm³/mol. The molecule has 1 atom stereocenters. The number of rotatable bonds is 5. The molecule has 0 bridgehead atoms. The molecule has 1 aromatic rings. The molecule has 0 aromatic heterocycles. The molecule has 0 heterocycles. The van der Waals surface area contributed by atoms with Gasteiger partial charge in [-0.25, -0.2) is 0 Å². The molecular formula is C17H25NO2. The SMILES string of the molecule is COc1ccc2c(c1)C(NCC1(CO)CCCC1)CC2. The maximum absolute atomic E-state index is 9.71. The zero-order valence-electron chi connectivity index (χ0n) is 12.3. The fourth-order valence-electron chi connectivity index (χ4n) is 3.77. The minimum absolute atomic E-state index is 0.127. The van der Waals surface area contributed by atoms with E-state index in [2.05, 4.69) is 17.4 Å². The van der Waals surface area contributed by atoms with Crippen molar-refractivity contribution >= 4 is 0 Å².